The number of H-pyrrole nitrogens is 1. The Morgan fingerprint density at radius 1 is 1.26 bits per heavy atom. The minimum Gasteiger partial charge on any atom is -0.477 e. The molecule has 98 valence electrons. The van der Waals surface area contributed by atoms with Gasteiger partial charge in [0.2, 0.25) is 5.95 Å². The van der Waals surface area contributed by atoms with Crippen LogP contribution in [0.25, 0.3) is 0 Å². The Hall–Kier alpha value is -2.70. The van der Waals surface area contributed by atoms with Crippen LogP contribution in [0.2, 0.25) is 0 Å². The smallest absolute Gasteiger partial charge is 0.352 e. The standard InChI is InChI=1S/C12H12N4O3/c1-6-8(7(2)15-9(6)11(18)19)10(17)16-12-13-4-3-5-14-12/h3-5,15H,1-2H3,(H,18,19)(H,13,14,16,17). The third-order valence-electron chi connectivity index (χ3n) is 2.67. The summed E-state index contributed by atoms with van der Waals surface area (Å²) in [5.41, 5.74) is 1.18. The number of carboxylic acids is 1. The minimum atomic E-state index is -1.10. The molecule has 0 aromatic carbocycles. The second kappa shape index (κ2) is 4.89. The van der Waals surface area contributed by atoms with E-state index in [1.54, 1.807) is 19.9 Å². The Labute approximate surface area is 108 Å². The highest BCUT2D eigenvalue weighted by atomic mass is 16.4. The lowest BCUT2D eigenvalue weighted by molar-refractivity contribution is 0.0690. The van der Waals surface area contributed by atoms with E-state index in [2.05, 4.69) is 20.3 Å². The van der Waals surface area contributed by atoms with Gasteiger partial charge in [0.1, 0.15) is 5.69 Å². The number of aryl methyl sites for hydroxylation is 1. The molecular formula is C12H12N4O3. The molecule has 19 heavy (non-hydrogen) atoms. The Kier molecular flexibility index (Phi) is 3.28. The number of aromatic amines is 1. The van der Waals surface area contributed by atoms with Crippen LogP contribution in [0.3, 0.4) is 0 Å². The number of anilines is 1. The van der Waals surface area contributed by atoms with Crippen LogP contribution in [0, 0.1) is 13.8 Å². The van der Waals surface area contributed by atoms with Crippen molar-refractivity contribution < 1.29 is 14.7 Å². The van der Waals surface area contributed by atoms with Gasteiger partial charge in [0.05, 0.1) is 5.56 Å². The summed E-state index contributed by atoms with van der Waals surface area (Å²) in [6.45, 7) is 3.22. The number of carbonyl (C=O) groups excluding carboxylic acids is 1. The Morgan fingerprint density at radius 2 is 1.89 bits per heavy atom. The SMILES string of the molecule is Cc1[nH]c(C(=O)O)c(C)c1C(=O)Nc1ncccn1. The molecule has 0 aliphatic heterocycles. The van der Waals surface area contributed by atoms with Crippen LogP contribution < -0.4 is 5.32 Å². The first-order valence-electron chi connectivity index (χ1n) is 5.51. The number of amides is 1. The summed E-state index contributed by atoms with van der Waals surface area (Å²) in [7, 11) is 0. The number of carbonyl (C=O) groups is 2. The highest BCUT2D eigenvalue weighted by Crippen LogP contribution is 2.18. The normalized spacial score (nSPS) is 10.2. The van der Waals surface area contributed by atoms with Crippen LogP contribution in [0.4, 0.5) is 5.95 Å². The maximum Gasteiger partial charge on any atom is 0.352 e. The van der Waals surface area contributed by atoms with Gasteiger partial charge in [-0.05, 0) is 25.5 Å². The summed E-state index contributed by atoms with van der Waals surface area (Å²) in [4.78, 5) is 33.5. The summed E-state index contributed by atoms with van der Waals surface area (Å²) in [5.74, 6) is -1.37. The average molecular weight is 260 g/mol. The first kappa shape index (κ1) is 12.7. The van der Waals surface area contributed by atoms with E-state index in [0.29, 0.717) is 16.8 Å². The lowest BCUT2D eigenvalue weighted by Gasteiger charge is -2.03. The van der Waals surface area contributed by atoms with Crippen molar-refractivity contribution in [3.63, 3.8) is 0 Å². The molecule has 0 radical (unpaired) electrons. The van der Waals surface area contributed by atoms with Gasteiger partial charge in [-0.3, -0.25) is 10.1 Å². The van der Waals surface area contributed by atoms with Crippen LogP contribution in [0.15, 0.2) is 18.5 Å². The monoisotopic (exact) mass is 260 g/mol. The van der Waals surface area contributed by atoms with Crippen LogP contribution in [-0.4, -0.2) is 31.9 Å². The van der Waals surface area contributed by atoms with Crippen molar-refractivity contribution in [3.8, 4) is 0 Å². The molecule has 0 bridgehead atoms. The highest BCUT2D eigenvalue weighted by Gasteiger charge is 2.21. The predicted molar refractivity (Wildman–Crippen MR) is 67.2 cm³/mol. The van der Waals surface area contributed by atoms with Crippen LogP contribution >= 0.6 is 0 Å². The molecule has 2 rings (SSSR count). The molecular weight excluding hydrogens is 248 g/mol. The number of hydrogen-bond acceptors (Lipinski definition) is 4. The largest absolute Gasteiger partial charge is 0.477 e. The van der Waals surface area contributed by atoms with Crippen molar-refractivity contribution in [2.75, 3.05) is 5.32 Å². The lowest BCUT2D eigenvalue weighted by atomic mass is 10.1. The van der Waals surface area contributed by atoms with E-state index in [4.69, 9.17) is 5.11 Å². The molecule has 0 aliphatic carbocycles. The lowest BCUT2D eigenvalue weighted by Crippen LogP contribution is -2.15. The topological polar surface area (TPSA) is 108 Å². The molecule has 3 N–H and O–H groups in total. The molecule has 0 saturated carbocycles. The second-order valence-electron chi connectivity index (χ2n) is 3.96. The second-order valence-corrected chi connectivity index (χ2v) is 3.96. The average Bonchev–Trinajstić information content (AvgIpc) is 2.66. The predicted octanol–water partition coefficient (Wildman–Crippen LogP) is 1.37. The minimum absolute atomic E-state index is 0.0108. The van der Waals surface area contributed by atoms with Gasteiger partial charge in [-0.25, -0.2) is 14.8 Å². The van der Waals surface area contributed by atoms with Crippen LogP contribution in [0.5, 0.6) is 0 Å². The molecule has 0 spiro atoms. The highest BCUT2D eigenvalue weighted by molar-refractivity contribution is 6.07. The number of nitrogens with zero attached hydrogens (tertiary/aromatic N) is 2. The number of nitrogens with one attached hydrogen (secondary N) is 2. The van der Waals surface area contributed by atoms with E-state index in [1.807, 2.05) is 0 Å². The fourth-order valence-electron chi connectivity index (χ4n) is 1.83. The number of aromatic nitrogens is 3. The summed E-state index contributed by atoms with van der Waals surface area (Å²) < 4.78 is 0. The molecule has 0 atom stereocenters. The fraction of sp³-hybridized carbons (Fsp3) is 0.167. The van der Waals surface area contributed by atoms with Gasteiger partial charge in [0.25, 0.3) is 5.91 Å². The molecule has 0 unspecified atom stereocenters. The number of rotatable bonds is 3. The maximum atomic E-state index is 12.1. The van der Waals surface area contributed by atoms with E-state index >= 15 is 0 Å². The van der Waals surface area contributed by atoms with Crippen molar-refractivity contribution in [3.05, 3.63) is 41.0 Å². The molecule has 1 amide bonds. The van der Waals surface area contributed by atoms with Gasteiger partial charge in [0, 0.05) is 18.1 Å². The Balaban J connectivity index is 2.32. The van der Waals surface area contributed by atoms with E-state index in [1.165, 1.54) is 12.4 Å². The number of carboxylic acid groups (broad SMARTS) is 1. The first-order valence-corrected chi connectivity index (χ1v) is 5.51. The summed E-state index contributed by atoms with van der Waals surface area (Å²) in [5, 5.41) is 11.5. The zero-order valence-electron chi connectivity index (χ0n) is 10.4. The zero-order chi connectivity index (χ0) is 14.0. The summed E-state index contributed by atoms with van der Waals surface area (Å²) in [6, 6.07) is 1.63. The van der Waals surface area contributed by atoms with Gasteiger partial charge in [-0.1, -0.05) is 0 Å². The molecule has 7 nitrogen and oxygen atoms in total. The van der Waals surface area contributed by atoms with E-state index < -0.39 is 11.9 Å². The molecule has 2 aromatic rings. The van der Waals surface area contributed by atoms with Crippen LogP contribution in [0.1, 0.15) is 32.1 Å². The number of hydrogen-bond donors (Lipinski definition) is 3. The molecule has 7 heteroatoms. The number of aromatic carboxylic acids is 1. The third-order valence-corrected chi connectivity index (χ3v) is 2.67. The quantitative estimate of drug-likeness (QED) is 0.772. The first-order chi connectivity index (χ1) is 9.00. The van der Waals surface area contributed by atoms with Gasteiger partial charge < -0.3 is 10.1 Å². The molecule has 2 aromatic heterocycles. The van der Waals surface area contributed by atoms with Gasteiger partial charge in [-0.2, -0.15) is 0 Å². The third kappa shape index (κ3) is 2.44. The van der Waals surface area contributed by atoms with Crippen molar-refractivity contribution in [2.24, 2.45) is 0 Å². The van der Waals surface area contributed by atoms with Crippen molar-refractivity contribution in [1.29, 1.82) is 0 Å². The van der Waals surface area contributed by atoms with Gasteiger partial charge in [0.15, 0.2) is 0 Å². The van der Waals surface area contributed by atoms with E-state index in [-0.39, 0.29) is 11.6 Å². The zero-order valence-corrected chi connectivity index (χ0v) is 10.4. The summed E-state index contributed by atoms with van der Waals surface area (Å²) in [6.07, 6.45) is 3.00. The maximum absolute atomic E-state index is 12.1. The molecule has 0 aliphatic rings. The molecule has 2 heterocycles. The van der Waals surface area contributed by atoms with E-state index in [9.17, 15) is 9.59 Å². The van der Waals surface area contributed by atoms with Crippen LogP contribution in [-0.2, 0) is 0 Å². The fourth-order valence-corrected chi connectivity index (χ4v) is 1.83. The van der Waals surface area contributed by atoms with Crippen molar-refractivity contribution in [1.82, 2.24) is 15.0 Å². The molecule has 0 saturated heterocycles. The molecule has 0 fully saturated rings. The Bertz CT molecular complexity index is 634. The Morgan fingerprint density at radius 3 is 2.42 bits per heavy atom. The van der Waals surface area contributed by atoms with Gasteiger partial charge in [-0.15, -0.1) is 0 Å². The van der Waals surface area contributed by atoms with Crippen molar-refractivity contribution in [2.45, 2.75) is 13.8 Å². The summed E-state index contributed by atoms with van der Waals surface area (Å²) >= 11 is 0. The van der Waals surface area contributed by atoms with Gasteiger partial charge >= 0.3 is 5.97 Å². The van der Waals surface area contributed by atoms with Crippen molar-refractivity contribution >= 4 is 17.8 Å². The van der Waals surface area contributed by atoms with E-state index in [0.717, 1.165) is 0 Å².